The monoisotopic (exact) mass is 273 g/mol. The summed E-state index contributed by atoms with van der Waals surface area (Å²) in [4.78, 5) is 10.9. The Kier molecular flexibility index (Phi) is 4.23. The lowest BCUT2D eigenvalue weighted by atomic mass is 9.83. The van der Waals surface area contributed by atoms with Crippen LogP contribution in [0.1, 0.15) is 39.0 Å². The van der Waals surface area contributed by atoms with Crippen LogP contribution in [0.15, 0.2) is 0 Å². The van der Waals surface area contributed by atoms with Gasteiger partial charge in [-0.05, 0) is 24.7 Å². The smallest absolute Gasteiger partial charge is 0.350 e. The van der Waals surface area contributed by atoms with Gasteiger partial charge in [0.15, 0.2) is 0 Å². The Balaban J connectivity index is 2.61. The van der Waals surface area contributed by atoms with Gasteiger partial charge in [-0.2, -0.15) is 22.0 Å². The van der Waals surface area contributed by atoms with Crippen molar-refractivity contribution >= 4 is 5.91 Å². The highest BCUT2D eigenvalue weighted by molar-refractivity contribution is 5.84. The Morgan fingerprint density at radius 2 is 1.67 bits per heavy atom. The number of amides is 1. The minimum absolute atomic E-state index is 0.117. The molecule has 0 spiro atoms. The van der Waals surface area contributed by atoms with Crippen molar-refractivity contribution in [3.05, 3.63) is 0 Å². The van der Waals surface area contributed by atoms with Gasteiger partial charge in [0.2, 0.25) is 0 Å². The minimum Gasteiger partial charge on any atom is -0.350 e. The first-order chi connectivity index (χ1) is 8.15. The third kappa shape index (κ3) is 2.92. The fourth-order valence-corrected chi connectivity index (χ4v) is 2.29. The van der Waals surface area contributed by atoms with E-state index >= 15 is 0 Å². The molecule has 1 aliphatic carbocycles. The van der Waals surface area contributed by atoms with E-state index in [1.54, 1.807) is 5.32 Å². The van der Waals surface area contributed by atoms with E-state index < -0.39 is 18.0 Å². The number of nitrogens with one attached hydrogen (secondary N) is 1. The fraction of sp³-hybridized carbons (Fsp3) is 0.909. The van der Waals surface area contributed by atoms with Crippen LogP contribution in [0.5, 0.6) is 0 Å². The molecule has 0 saturated heterocycles. The second kappa shape index (κ2) is 5.01. The van der Waals surface area contributed by atoms with E-state index in [0.717, 1.165) is 25.7 Å². The average molecular weight is 273 g/mol. The summed E-state index contributed by atoms with van der Waals surface area (Å²) in [5, 5.41) is 1.75. The standard InChI is InChI=1S/C11H16F5NO/c1-2-9(5-3-4-6-9)7-17-8(18)10(12,13)11(14,15)16/h2-7H2,1H3,(H,17,18). The van der Waals surface area contributed by atoms with Crippen molar-refractivity contribution in [3.63, 3.8) is 0 Å². The van der Waals surface area contributed by atoms with Gasteiger partial charge in [-0.3, -0.25) is 4.79 Å². The molecule has 1 saturated carbocycles. The van der Waals surface area contributed by atoms with E-state index in [9.17, 15) is 26.7 Å². The normalized spacial score (nSPS) is 19.9. The van der Waals surface area contributed by atoms with Crippen molar-refractivity contribution in [1.82, 2.24) is 5.32 Å². The Morgan fingerprint density at radius 1 is 1.17 bits per heavy atom. The molecule has 106 valence electrons. The number of halogens is 5. The molecule has 1 fully saturated rings. The molecule has 0 radical (unpaired) electrons. The van der Waals surface area contributed by atoms with Crippen LogP contribution >= 0.6 is 0 Å². The van der Waals surface area contributed by atoms with E-state index in [0.29, 0.717) is 6.42 Å². The van der Waals surface area contributed by atoms with Gasteiger partial charge in [0.1, 0.15) is 0 Å². The lowest BCUT2D eigenvalue weighted by Crippen LogP contribution is -2.52. The molecule has 2 nitrogen and oxygen atoms in total. The summed E-state index contributed by atoms with van der Waals surface area (Å²) in [6, 6.07) is 0. The van der Waals surface area contributed by atoms with Gasteiger partial charge in [0.25, 0.3) is 5.91 Å². The van der Waals surface area contributed by atoms with Gasteiger partial charge in [-0.15, -0.1) is 0 Å². The lowest BCUT2D eigenvalue weighted by Gasteiger charge is -2.29. The summed E-state index contributed by atoms with van der Waals surface area (Å²) >= 11 is 0. The van der Waals surface area contributed by atoms with Crippen LogP contribution in [0, 0.1) is 5.41 Å². The Morgan fingerprint density at radius 3 is 2.06 bits per heavy atom. The predicted molar refractivity (Wildman–Crippen MR) is 55.2 cm³/mol. The lowest BCUT2D eigenvalue weighted by molar-refractivity contribution is -0.269. The molecule has 1 N–H and O–H groups in total. The Labute approximate surface area is 102 Å². The van der Waals surface area contributed by atoms with Crippen molar-refractivity contribution in [2.75, 3.05) is 6.54 Å². The molecule has 7 heteroatoms. The number of carbonyl (C=O) groups excluding carboxylic acids is 1. The van der Waals surface area contributed by atoms with Crippen LogP contribution in [-0.2, 0) is 4.79 Å². The molecule has 0 atom stereocenters. The summed E-state index contributed by atoms with van der Waals surface area (Å²) in [7, 11) is 0. The van der Waals surface area contributed by atoms with Crippen molar-refractivity contribution in [1.29, 1.82) is 0 Å². The zero-order valence-electron chi connectivity index (χ0n) is 10.0. The molecule has 1 rings (SSSR count). The highest BCUT2D eigenvalue weighted by Gasteiger charge is 2.63. The molecular weight excluding hydrogens is 257 g/mol. The predicted octanol–water partition coefficient (Wildman–Crippen LogP) is 3.27. The van der Waals surface area contributed by atoms with Crippen LogP contribution < -0.4 is 5.32 Å². The molecule has 0 unspecified atom stereocenters. The van der Waals surface area contributed by atoms with E-state index in [2.05, 4.69) is 0 Å². The van der Waals surface area contributed by atoms with Crippen molar-refractivity contribution in [3.8, 4) is 0 Å². The highest BCUT2D eigenvalue weighted by Crippen LogP contribution is 2.41. The summed E-state index contributed by atoms with van der Waals surface area (Å²) in [6.45, 7) is 1.73. The van der Waals surface area contributed by atoms with Gasteiger partial charge < -0.3 is 5.32 Å². The minimum atomic E-state index is -5.84. The maximum Gasteiger partial charge on any atom is 0.463 e. The zero-order valence-corrected chi connectivity index (χ0v) is 10.0. The van der Waals surface area contributed by atoms with Gasteiger partial charge in [-0.25, -0.2) is 0 Å². The molecule has 1 aliphatic rings. The van der Waals surface area contributed by atoms with Crippen molar-refractivity contribution < 1.29 is 26.7 Å². The van der Waals surface area contributed by atoms with Crippen LogP contribution in [0.25, 0.3) is 0 Å². The molecule has 0 heterocycles. The SMILES string of the molecule is CCC1(CNC(=O)C(F)(F)C(F)(F)F)CCCC1. The van der Waals surface area contributed by atoms with E-state index in [4.69, 9.17) is 0 Å². The average Bonchev–Trinajstić information content (AvgIpc) is 2.73. The quantitative estimate of drug-likeness (QED) is 0.782. The number of rotatable bonds is 4. The molecule has 0 bridgehead atoms. The molecule has 18 heavy (non-hydrogen) atoms. The van der Waals surface area contributed by atoms with Crippen LogP contribution in [0.3, 0.4) is 0 Å². The number of hydrogen-bond donors (Lipinski definition) is 1. The van der Waals surface area contributed by atoms with E-state index in [1.165, 1.54) is 0 Å². The van der Waals surface area contributed by atoms with Crippen LogP contribution in [-0.4, -0.2) is 24.6 Å². The topological polar surface area (TPSA) is 29.1 Å². The second-order valence-electron chi connectivity index (χ2n) is 4.82. The third-order valence-electron chi connectivity index (χ3n) is 3.68. The maximum atomic E-state index is 12.7. The first-order valence-corrected chi connectivity index (χ1v) is 5.87. The van der Waals surface area contributed by atoms with Crippen LogP contribution in [0.2, 0.25) is 0 Å². The number of hydrogen-bond acceptors (Lipinski definition) is 1. The van der Waals surface area contributed by atoms with Gasteiger partial charge in [-0.1, -0.05) is 19.8 Å². The molecular formula is C11H16F5NO. The van der Waals surface area contributed by atoms with Gasteiger partial charge >= 0.3 is 12.1 Å². The van der Waals surface area contributed by atoms with Crippen LogP contribution in [0.4, 0.5) is 22.0 Å². The summed E-state index contributed by atoms with van der Waals surface area (Å²) in [6.07, 6.45) is -1.85. The zero-order chi connectivity index (χ0) is 14.0. The van der Waals surface area contributed by atoms with Gasteiger partial charge in [0, 0.05) is 6.54 Å². The van der Waals surface area contributed by atoms with E-state index in [1.807, 2.05) is 6.92 Å². The highest BCUT2D eigenvalue weighted by atomic mass is 19.4. The molecule has 0 aliphatic heterocycles. The molecule has 0 aromatic carbocycles. The number of alkyl halides is 5. The molecule has 1 amide bonds. The van der Waals surface area contributed by atoms with Crippen molar-refractivity contribution in [2.45, 2.75) is 51.1 Å². The number of carbonyl (C=O) groups is 1. The summed E-state index contributed by atoms with van der Waals surface area (Å²) in [5.41, 5.74) is -0.322. The molecule has 0 aromatic heterocycles. The first kappa shape index (κ1) is 15.2. The summed E-state index contributed by atoms with van der Waals surface area (Å²) < 4.78 is 61.2. The Hall–Kier alpha value is -0.880. The fourth-order valence-electron chi connectivity index (χ4n) is 2.29. The van der Waals surface area contributed by atoms with E-state index in [-0.39, 0.29) is 12.0 Å². The summed E-state index contributed by atoms with van der Waals surface area (Å²) in [5.74, 6) is -7.57. The first-order valence-electron chi connectivity index (χ1n) is 5.87. The molecule has 0 aromatic rings. The second-order valence-corrected chi connectivity index (χ2v) is 4.82. The third-order valence-corrected chi connectivity index (χ3v) is 3.68. The van der Waals surface area contributed by atoms with Crippen molar-refractivity contribution in [2.24, 2.45) is 5.41 Å². The Bertz CT molecular complexity index is 307. The largest absolute Gasteiger partial charge is 0.463 e. The van der Waals surface area contributed by atoms with Gasteiger partial charge in [0.05, 0.1) is 0 Å². The maximum absolute atomic E-state index is 12.7.